The molecule has 0 fully saturated rings. The fourth-order valence-electron chi connectivity index (χ4n) is 1.90. The molecule has 2 N–H and O–H groups in total. The summed E-state index contributed by atoms with van der Waals surface area (Å²) in [5, 5.41) is 18.5. The van der Waals surface area contributed by atoms with Crippen molar-refractivity contribution in [2.75, 3.05) is 0 Å². The molecule has 2 aromatic rings. The average molecular weight is 274 g/mol. The van der Waals surface area contributed by atoms with Crippen LogP contribution in [0.2, 0.25) is 0 Å². The summed E-state index contributed by atoms with van der Waals surface area (Å²) in [5.74, 6) is -0.345. The molecule has 0 saturated carbocycles. The quantitative estimate of drug-likeness (QED) is 0.834. The molecule has 0 aliphatic carbocycles. The molecule has 0 unspecified atom stereocenters. The fourth-order valence-corrected chi connectivity index (χ4v) is 1.90. The van der Waals surface area contributed by atoms with Gasteiger partial charge in [0.05, 0.1) is 0 Å². The molecule has 0 amide bonds. The van der Waals surface area contributed by atoms with Crippen molar-refractivity contribution in [2.45, 2.75) is 20.5 Å². The highest BCUT2D eigenvalue weighted by Crippen LogP contribution is 2.15. The van der Waals surface area contributed by atoms with Gasteiger partial charge in [0, 0.05) is 11.5 Å². The Morgan fingerprint density at radius 1 is 1.05 bits per heavy atom. The number of hydrogen-bond acceptors (Lipinski definition) is 3. The van der Waals surface area contributed by atoms with Crippen molar-refractivity contribution in [1.82, 2.24) is 0 Å². The molecule has 0 aliphatic heterocycles. The lowest BCUT2D eigenvalue weighted by Crippen LogP contribution is -2.31. The van der Waals surface area contributed by atoms with Crippen LogP contribution in [0.1, 0.15) is 16.7 Å². The van der Waals surface area contributed by atoms with Crippen molar-refractivity contribution in [3.8, 4) is 5.75 Å². The van der Waals surface area contributed by atoms with Gasteiger partial charge >= 0.3 is 7.12 Å². The fraction of sp³-hybridized carbons (Fsp3) is 0.200. The lowest BCUT2D eigenvalue weighted by atomic mass is 9.79. The maximum Gasteiger partial charge on any atom is 0.492 e. The summed E-state index contributed by atoms with van der Waals surface area (Å²) in [6, 6.07) is 9.52. The number of ether oxygens (including phenoxy) is 1. The number of halogens is 1. The van der Waals surface area contributed by atoms with Crippen LogP contribution in [0, 0.1) is 19.7 Å². The maximum atomic E-state index is 13.2. The molecule has 0 atom stereocenters. The molecule has 0 saturated heterocycles. The molecule has 2 aromatic carbocycles. The molecule has 0 aliphatic rings. The predicted molar refractivity (Wildman–Crippen MR) is 76.5 cm³/mol. The first-order chi connectivity index (χ1) is 9.47. The average Bonchev–Trinajstić information content (AvgIpc) is 2.40. The monoisotopic (exact) mass is 274 g/mol. The van der Waals surface area contributed by atoms with Crippen molar-refractivity contribution in [1.29, 1.82) is 0 Å². The molecule has 0 bridgehead atoms. The Balaban J connectivity index is 2.17. The van der Waals surface area contributed by atoms with Crippen molar-refractivity contribution in [2.24, 2.45) is 0 Å². The highest BCUT2D eigenvalue weighted by atomic mass is 19.1. The van der Waals surface area contributed by atoms with E-state index in [1.165, 1.54) is 11.6 Å². The smallest absolute Gasteiger partial charge is 0.489 e. The van der Waals surface area contributed by atoms with Gasteiger partial charge in [0.15, 0.2) is 0 Å². The van der Waals surface area contributed by atoms with E-state index in [1.807, 2.05) is 32.0 Å². The van der Waals surface area contributed by atoms with E-state index in [2.05, 4.69) is 0 Å². The van der Waals surface area contributed by atoms with E-state index in [1.54, 1.807) is 0 Å². The van der Waals surface area contributed by atoms with E-state index >= 15 is 0 Å². The molecule has 0 heterocycles. The highest BCUT2D eigenvalue weighted by molar-refractivity contribution is 6.59. The Bertz CT molecular complexity index is 614. The highest BCUT2D eigenvalue weighted by Gasteiger charge is 2.17. The van der Waals surface area contributed by atoms with Crippen molar-refractivity contribution in [3.63, 3.8) is 0 Å². The molecule has 0 spiro atoms. The summed E-state index contributed by atoms with van der Waals surface area (Å²) < 4.78 is 18.7. The molecular weight excluding hydrogens is 258 g/mol. The molecule has 104 valence electrons. The SMILES string of the molecule is Cc1ccc(COc2cc(F)ccc2B(O)O)cc1C. The zero-order valence-electron chi connectivity index (χ0n) is 11.4. The van der Waals surface area contributed by atoms with Gasteiger partial charge in [0.25, 0.3) is 0 Å². The molecule has 0 aromatic heterocycles. The summed E-state index contributed by atoms with van der Waals surface area (Å²) >= 11 is 0. The van der Waals surface area contributed by atoms with Crippen LogP contribution in [0.3, 0.4) is 0 Å². The number of aryl methyl sites for hydroxylation is 2. The molecule has 3 nitrogen and oxygen atoms in total. The van der Waals surface area contributed by atoms with Gasteiger partial charge in [-0.15, -0.1) is 0 Å². The Morgan fingerprint density at radius 2 is 1.80 bits per heavy atom. The zero-order chi connectivity index (χ0) is 14.7. The number of benzene rings is 2. The van der Waals surface area contributed by atoms with Crippen LogP contribution in [0.5, 0.6) is 5.75 Å². The molecular formula is C15H16BFO3. The first kappa shape index (κ1) is 14.6. The van der Waals surface area contributed by atoms with Crippen LogP contribution in [-0.4, -0.2) is 17.2 Å². The molecule has 20 heavy (non-hydrogen) atoms. The van der Waals surface area contributed by atoms with Gasteiger partial charge in [0.1, 0.15) is 18.2 Å². The minimum Gasteiger partial charge on any atom is -0.489 e. The van der Waals surface area contributed by atoms with Crippen LogP contribution in [-0.2, 0) is 6.61 Å². The first-order valence-electron chi connectivity index (χ1n) is 6.32. The van der Waals surface area contributed by atoms with E-state index in [0.717, 1.165) is 23.3 Å². The molecule has 5 heteroatoms. The van der Waals surface area contributed by atoms with Gasteiger partial charge in [-0.05, 0) is 36.6 Å². The van der Waals surface area contributed by atoms with E-state index in [9.17, 15) is 14.4 Å². The van der Waals surface area contributed by atoms with E-state index in [-0.39, 0.29) is 17.8 Å². The molecule has 2 rings (SSSR count). The topological polar surface area (TPSA) is 49.7 Å². The predicted octanol–water partition coefficient (Wildman–Crippen LogP) is 1.70. The van der Waals surface area contributed by atoms with Gasteiger partial charge in [-0.1, -0.05) is 24.3 Å². The van der Waals surface area contributed by atoms with Crippen molar-refractivity contribution < 1.29 is 19.2 Å². The van der Waals surface area contributed by atoms with Crippen molar-refractivity contribution >= 4 is 12.6 Å². The minimum absolute atomic E-state index is 0.137. The Hall–Kier alpha value is -1.85. The van der Waals surface area contributed by atoms with Crippen LogP contribution in [0.15, 0.2) is 36.4 Å². The lowest BCUT2D eigenvalue weighted by Gasteiger charge is -2.12. The van der Waals surface area contributed by atoms with Crippen molar-refractivity contribution in [3.05, 3.63) is 58.9 Å². The van der Waals surface area contributed by atoms with Crippen LogP contribution in [0.4, 0.5) is 4.39 Å². The summed E-state index contributed by atoms with van der Waals surface area (Å²) in [7, 11) is -1.69. The summed E-state index contributed by atoms with van der Waals surface area (Å²) in [6.07, 6.45) is 0. The normalized spacial score (nSPS) is 10.4. The first-order valence-corrected chi connectivity index (χ1v) is 6.32. The molecule has 0 radical (unpaired) electrons. The van der Waals surface area contributed by atoms with Gasteiger partial charge in [-0.3, -0.25) is 0 Å². The second-order valence-corrected chi connectivity index (χ2v) is 4.76. The zero-order valence-corrected chi connectivity index (χ0v) is 11.4. The largest absolute Gasteiger partial charge is 0.492 e. The minimum atomic E-state index is -1.69. The second-order valence-electron chi connectivity index (χ2n) is 4.76. The summed E-state index contributed by atoms with van der Waals surface area (Å²) in [6.45, 7) is 4.26. The van der Waals surface area contributed by atoms with Crippen LogP contribution < -0.4 is 10.2 Å². The van der Waals surface area contributed by atoms with Gasteiger partial charge in [0.2, 0.25) is 0 Å². The summed E-state index contributed by atoms with van der Waals surface area (Å²) in [4.78, 5) is 0. The maximum absolute atomic E-state index is 13.2. The Morgan fingerprint density at radius 3 is 2.45 bits per heavy atom. The van der Waals surface area contributed by atoms with E-state index < -0.39 is 12.9 Å². The van der Waals surface area contributed by atoms with Gasteiger partial charge in [-0.2, -0.15) is 0 Å². The third-order valence-corrected chi connectivity index (χ3v) is 3.22. The Labute approximate surface area is 117 Å². The standard InChI is InChI=1S/C15H16BFO3/c1-10-3-4-12(7-11(10)2)9-20-15-8-13(17)5-6-14(15)16(18)19/h3-8,18-19H,9H2,1-2H3. The second kappa shape index (κ2) is 6.07. The van der Waals surface area contributed by atoms with Gasteiger partial charge < -0.3 is 14.8 Å². The van der Waals surface area contributed by atoms with Crippen LogP contribution in [0.25, 0.3) is 0 Å². The third-order valence-electron chi connectivity index (χ3n) is 3.22. The number of hydrogen-bond donors (Lipinski definition) is 2. The Kier molecular flexibility index (Phi) is 4.42. The van der Waals surface area contributed by atoms with Crippen LogP contribution >= 0.6 is 0 Å². The van der Waals surface area contributed by atoms with Gasteiger partial charge in [-0.25, -0.2) is 4.39 Å². The van der Waals surface area contributed by atoms with E-state index in [0.29, 0.717) is 0 Å². The lowest BCUT2D eigenvalue weighted by molar-refractivity contribution is 0.305. The number of rotatable bonds is 4. The summed E-state index contributed by atoms with van der Waals surface area (Å²) in [5.41, 5.74) is 3.42. The van der Waals surface area contributed by atoms with E-state index in [4.69, 9.17) is 4.74 Å². The third kappa shape index (κ3) is 3.38.